The fourth-order valence-corrected chi connectivity index (χ4v) is 6.17. The number of hydrogen-bond acceptors (Lipinski definition) is 4. The summed E-state index contributed by atoms with van der Waals surface area (Å²) < 4.78 is 5.56. The number of benzene rings is 2. The van der Waals surface area contributed by atoms with E-state index < -0.39 is 5.97 Å². The van der Waals surface area contributed by atoms with E-state index in [9.17, 15) is 14.4 Å². The van der Waals surface area contributed by atoms with Gasteiger partial charge in [-0.05, 0) is 71.4 Å². The summed E-state index contributed by atoms with van der Waals surface area (Å²) >= 11 is 0. The van der Waals surface area contributed by atoms with E-state index in [4.69, 9.17) is 4.74 Å². The van der Waals surface area contributed by atoms with Crippen LogP contribution in [0.2, 0.25) is 0 Å². The van der Waals surface area contributed by atoms with Gasteiger partial charge >= 0.3 is 5.97 Å². The van der Waals surface area contributed by atoms with Gasteiger partial charge in [-0.2, -0.15) is 0 Å². The molecule has 0 aromatic heterocycles. The normalized spacial score (nSPS) is 31.4. The first kappa shape index (κ1) is 20.4. The standard InChI is InChI=1S/C28H27NO4/c1-28(2,3)16-7-9-18(10-8-16)33-27(32)15-5-4-6-17(13-15)29-25(30)23-19-11-12-20(22-14-21(19)22)24(23)26(29)31/h4-13,19-24H,14H2,1-3H3/t19-,20-,21-,22+,23+,24+/m0/s1. The lowest BCUT2D eigenvalue weighted by molar-refractivity contribution is -0.124. The van der Waals surface area contributed by atoms with Crippen molar-refractivity contribution in [2.75, 3.05) is 4.90 Å². The third-order valence-corrected chi connectivity index (χ3v) is 7.93. The highest BCUT2D eigenvalue weighted by Crippen LogP contribution is 2.65. The first-order valence-corrected chi connectivity index (χ1v) is 11.7. The zero-order valence-corrected chi connectivity index (χ0v) is 19.0. The molecule has 6 atom stereocenters. The summed E-state index contributed by atoms with van der Waals surface area (Å²) in [5.74, 6) is 0.649. The van der Waals surface area contributed by atoms with Crippen molar-refractivity contribution < 1.29 is 19.1 Å². The number of carbonyl (C=O) groups is 3. The molecular formula is C28H27NO4. The number of amides is 2. The van der Waals surface area contributed by atoms with Crippen LogP contribution in [0.25, 0.3) is 0 Å². The summed E-state index contributed by atoms with van der Waals surface area (Å²) in [5, 5.41) is 0. The minimum absolute atomic E-state index is 0.0123. The van der Waals surface area contributed by atoms with Gasteiger partial charge in [0.1, 0.15) is 5.75 Å². The molecule has 168 valence electrons. The highest BCUT2D eigenvalue weighted by molar-refractivity contribution is 6.23. The molecule has 0 spiro atoms. The number of hydrogen-bond donors (Lipinski definition) is 0. The Hall–Kier alpha value is -3.21. The number of carbonyl (C=O) groups excluding carboxylic acids is 3. The van der Waals surface area contributed by atoms with E-state index in [1.54, 1.807) is 36.4 Å². The number of esters is 1. The summed E-state index contributed by atoms with van der Waals surface area (Å²) in [5.41, 5.74) is 1.92. The molecule has 1 aliphatic heterocycles. The van der Waals surface area contributed by atoms with Gasteiger partial charge in [0.25, 0.3) is 0 Å². The Morgan fingerprint density at radius 2 is 1.52 bits per heavy atom. The predicted molar refractivity (Wildman–Crippen MR) is 124 cm³/mol. The van der Waals surface area contributed by atoms with Crippen molar-refractivity contribution in [2.45, 2.75) is 32.6 Å². The maximum Gasteiger partial charge on any atom is 0.343 e. The lowest BCUT2D eigenvalue weighted by Gasteiger charge is -2.37. The molecule has 7 rings (SSSR count). The summed E-state index contributed by atoms with van der Waals surface area (Å²) in [6.45, 7) is 6.38. The molecule has 33 heavy (non-hydrogen) atoms. The molecule has 0 radical (unpaired) electrons. The van der Waals surface area contributed by atoms with Crippen molar-refractivity contribution in [2.24, 2.45) is 35.5 Å². The maximum absolute atomic E-state index is 13.3. The van der Waals surface area contributed by atoms with Gasteiger partial charge in [0, 0.05) is 0 Å². The first-order valence-electron chi connectivity index (χ1n) is 11.7. The van der Waals surface area contributed by atoms with Gasteiger partial charge in [-0.25, -0.2) is 9.69 Å². The van der Waals surface area contributed by atoms with Crippen LogP contribution in [-0.4, -0.2) is 17.8 Å². The quantitative estimate of drug-likeness (QED) is 0.298. The summed E-state index contributed by atoms with van der Waals surface area (Å²) in [6.07, 6.45) is 5.45. The lowest BCUT2D eigenvalue weighted by atomic mass is 9.63. The molecule has 5 aliphatic rings. The molecule has 4 aliphatic carbocycles. The Kier molecular flexibility index (Phi) is 4.26. The van der Waals surface area contributed by atoms with Crippen molar-refractivity contribution in [3.8, 4) is 5.75 Å². The summed E-state index contributed by atoms with van der Waals surface area (Å²) in [7, 11) is 0. The van der Waals surface area contributed by atoms with Crippen LogP contribution in [0.15, 0.2) is 60.7 Å². The fraction of sp³-hybridized carbons (Fsp3) is 0.393. The van der Waals surface area contributed by atoms with Gasteiger partial charge in [-0.15, -0.1) is 0 Å². The van der Waals surface area contributed by atoms with Gasteiger partial charge < -0.3 is 4.74 Å². The van der Waals surface area contributed by atoms with Crippen molar-refractivity contribution in [3.05, 3.63) is 71.8 Å². The van der Waals surface area contributed by atoms with E-state index in [0.29, 0.717) is 28.8 Å². The zero-order valence-electron chi connectivity index (χ0n) is 19.0. The molecule has 2 bridgehead atoms. The number of anilines is 1. The van der Waals surface area contributed by atoms with Crippen molar-refractivity contribution in [1.29, 1.82) is 0 Å². The third kappa shape index (κ3) is 3.09. The molecule has 5 heteroatoms. The third-order valence-electron chi connectivity index (χ3n) is 7.93. The van der Waals surface area contributed by atoms with E-state index in [-0.39, 0.29) is 40.9 Å². The number of imide groups is 1. The highest BCUT2D eigenvalue weighted by atomic mass is 16.5. The topological polar surface area (TPSA) is 63.7 Å². The smallest absolute Gasteiger partial charge is 0.343 e. The molecule has 1 heterocycles. The van der Waals surface area contributed by atoms with Crippen LogP contribution >= 0.6 is 0 Å². The highest BCUT2D eigenvalue weighted by Gasteiger charge is 2.67. The Morgan fingerprint density at radius 3 is 2.09 bits per heavy atom. The Balaban J connectivity index is 1.23. The van der Waals surface area contributed by atoms with Gasteiger partial charge in [-0.1, -0.05) is 51.1 Å². The summed E-state index contributed by atoms with van der Waals surface area (Å²) in [6, 6.07) is 14.1. The molecule has 0 N–H and O–H groups in total. The second kappa shape index (κ2) is 6.89. The maximum atomic E-state index is 13.3. The van der Waals surface area contributed by atoms with Crippen LogP contribution in [0.5, 0.6) is 5.75 Å². The second-order valence-electron chi connectivity index (χ2n) is 10.9. The zero-order chi connectivity index (χ0) is 23.1. The molecule has 2 aromatic rings. The second-order valence-corrected chi connectivity index (χ2v) is 10.9. The Labute approximate surface area is 193 Å². The van der Waals surface area contributed by atoms with Gasteiger partial charge in [0.15, 0.2) is 0 Å². The van der Waals surface area contributed by atoms with E-state index in [2.05, 4.69) is 32.9 Å². The molecule has 2 aromatic carbocycles. The van der Waals surface area contributed by atoms with Crippen LogP contribution in [0.3, 0.4) is 0 Å². The van der Waals surface area contributed by atoms with E-state index in [0.717, 1.165) is 12.0 Å². The molecule has 5 nitrogen and oxygen atoms in total. The SMILES string of the molecule is CC(C)(C)c1ccc(OC(=O)c2cccc(N3C(=O)[C@@H]4[C@H]5C=C[C@@H]([C@@H]6C[C@H]56)[C@H]4C3=O)c2)cc1. The van der Waals surface area contributed by atoms with Crippen molar-refractivity contribution in [1.82, 2.24) is 0 Å². The van der Waals surface area contributed by atoms with Gasteiger partial charge in [-0.3, -0.25) is 9.59 Å². The number of allylic oxidation sites excluding steroid dienone is 2. The molecular weight excluding hydrogens is 414 g/mol. The van der Waals surface area contributed by atoms with Crippen LogP contribution in [0.4, 0.5) is 5.69 Å². The number of rotatable bonds is 3. The largest absolute Gasteiger partial charge is 0.423 e. The van der Waals surface area contributed by atoms with Crippen molar-refractivity contribution >= 4 is 23.5 Å². The predicted octanol–water partition coefficient (Wildman–Crippen LogP) is 4.76. The first-order chi connectivity index (χ1) is 15.7. The molecule has 0 unspecified atom stereocenters. The average molecular weight is 442 g/mol. The number of ether oxygens (including phenoxy) is 1. The van der Waals surface area contributed by atoms with Gasteiger partial charge in [0.05, 0.1) is 23.1 Å². The van der Waals surface area contributed by atoms with Crippen molar-refractivity contribution in [3.63, 3.8) is 0 Å². The monoisotopic (exact) mass is 441 g/mol. The lowest BCUT2D eigenvalue weighted by Crippen LogP contribution is -2.40. The molecule has 1 saturated heterocycles. The minimum Gasteiger partial charge on any atom is -0.423 e. The van der Waals surface area contributed by atoms with E-state index in [1.165, 1.54) is 4.90 Å². The molecule has 3 fully saturated rings. The minimum atomic E-state index is -0.514. The van der Waals surface area contributed by atoms with E-state index >= 15 is 0 Å². The Morgan fingerprint density at radius 1 is 0.909 bits per heavy atom. The molecule has 2 saturated carbocycles. The number of nitrogens with zero attached hydrogens (tertiary/aromatic N) is 1. The van der Waals surface area contributed by atoms with Crippen LogP contribution in [0.1, 0.15) is 43.1 Å². The average Bonchev–Trinajstić information content (AvgIpc) is 3.57. The van der Waals surface area contributed by atoms with Crippen LogP contribution < -0.4 is 9.64 Å². The van der Waals surface area contributed by atoms with Gasteiger partial charge in [0.2, 0.25) is 11.8 Å². The summed E-state index contributed by atoms with van der Waals surface area (Å²) in [4.78, 5) is 40.8. The van der Waals surface area contributed by atoms with Crippen LogP contribution in [0, 0.1) is 35.5 Å². The Bertz CT molecular complexity index is 1170. The van der Waals surface area contributed by atoms with E-state index in [1.807, 2.05) is 12.1 Å². The van der Waals surface area contributed by atoms with Crippen LogP contribution in [-0.2, 0) is 15.0 Å². The molecule has 2 amide bonds. The fourth-order valence-electron chi connectivity index (χ4n) is 6.17.